The molecule has 1 aromatic heterocycles. The molecule has 3 rings (SSSR count). The number of aromatic nitrogens is 3. The lowest BCUT2D eigenvalue weighted by molar-refractivity contribution is 0.0996. The number of primary amides is 1. The summed E-state index contributed by atoms with van der Waals surface area (Å²) in [6.07, 6.45) is 0. The molecular formula is C18H18N4O4. The number of amides is 1. The van der Waals surface area contributed by atoms with Crippen LogP contribution >= 0.6 is 0 Å². The lowest BCUT2D eigenvalue weighted by atomic mass is 10.1. The molecular weight excluding hydrogens is 336 g/mol. The zero-order chi connectivity index (χ0) is 18.5. The highest BCUT2D eigenvalue weighted by atomic mass is 16.5. The predicted octanol–water partition coefficient (Wildman–Crippen LogP) is 2.17. The summed E-state index contributed by atoms with van der Waals surface area (Å²) in [6, 6.07) is 12.7. The van der Waals surface area contributed by atoms with Crippen LogP contribution in [0.15, 0.2) is 42.5 Å². The van der Waals surface area contributed by atoms with Crippen LogP contribution in [0.1, 0.15) is 16.1 Å². The van der Waals surface area contributed by atoms with Gasteiger partial charge in [-0.3, -0.25) is 4.79 Å². The zero-order valence-corrected chi connectivity index (χ0v) is 14.4. The number of rotatable bonds is 7. The quantitative estimate of drug-likeness (QED) is 0.672. The minimum absolute atomic E-state index is 0.0757. The Hall–Kier alpha value is -3.55. The van der Waals surface area contributed by atoms with Crippen LogP contribution in [0.4, 0.5) is 0 Å². The Bertz CT molecular complexity index is 923. The second-order valence-electron chi connectivity index (χ2n) is 5.35. The molecule has 0 radical (unpaired) electrons. The summed E-state index contributed by atoms with van der Waals surface area (Å²) in [6.45, 7) is 0.237. The van der Waals surface area contributed by atoms with Crippen molar-refractivity contribution in [2.75, 3.05) is 14.2 Å². The van der Waals surface area contributed by atoms with Crippen molar-refractivity contribution in [3.05, 3.63) is 53.7 Å². The summed E-state index contributed by atoms with van der Waals surface area (Å²) < 4.78 is 16.5. The van der Waals surface area contributed by atoms with E-state index in [1.807, 2.05) is 30.3 Å². The van der Waals surface area contributed by atoms with Crippen LogP contribution < -0.4 is 19.9 Å². The molecule has 0 aliphatic rings. The number of hydrogen-bond donors (Lipinski definition) is 2. The number of nitrogens with zero attached hydrogens (tertiary/aromatic N) is 2. The number of methoxy groups -OCH3 is 2. The first kappa shape index (κ1) is 17.3. The fourth-order valence-corrected chi connectivity index (χ4v) is 2.54. The lowest BCUT2D eigenvalue weighted by Gasteiger charge is -2.13. The minimum Gasteiger partial charge on any atom is -0.496 e. The van der Waals surface area contributed by atoms with Gasteiger partial charge in [0.15, 0.2) is 17.2 Å². The third kappa shape index (κ3) is 3.44. The first-order valence-corrected chi connectivity index (χ1v) is 7.77. The summed E-state index contributed by atoms with van der Waals surface area (Å²) >= 11 is 0. The second-order valence-corrected chi connectivity index (χ2v) is 5.35. The Morgan fingerprint density at radius 2 is 1.77 bits per heavy atom. The second kappa shape index (κ2) is 7.56. The van der Waals surface area contributed by atoms with Crippen molar-refractivity contribution < 1.29 is 19.0 Å². The molecule has 1 amide bonds. The highest BCUT2D eigenvalue weighted by Crippen LogP contribution is 2.30. The number of benzene rings is 2. The van der Waals surface area contributed by atoms with Crippen molar-refractivity contribution in [1.29, 1.82) is 0 Å². The summed E-state index contributed by atoms with van der Waals surface area (Å²) in [7, 11) is 3.16. The van der Waals surface area contributed by atoms with Crippen molar-refractivity contribution in [2.45, 2.75) is 6.61 Å². The van der Waals surface area contributed by atoms with Crippen LogP contribution in [0.5, 0.6) is 17.2 Å². The normalized spacial score (nSPS) is 10.4. The fourth-order valence-electron chi connectivity index (χ4n) is 2.54. The van der Waals surface area contributed by atoms with Crippen molar-refractivity contribution >= 4 is 5.91 Å². The summed E-state index contributed by atoms with van der Waals surface area (Å²) in [4.78, 5) is 11.5. The first-order chi connectivity index (χ1) is 12.6. The van der Waals surface area contributed by atoms with E-state index in [1.54, 1.807) is 26.4 Å². The molecule has 0 bridgehead atoms. The molecule has 0 fully saturated rings. The number of para-hydroxylation sites is 2. The van der Waals surface area contributed by atoms with Crippen molar-refractivity contribution in [3.8, 4) is 28.5 Å². The molecule has 8 heteroatoms. The fraction of sp³-hybridized carbons (Fsp3) is 0.167. The third-order valence-corrected chi connectivity index (χ3v) is 3.79. The monoisotopic (exact) mass is 354 g/mol. The molecule has 0 saturated carbocycles. The maximum Gasteiger partial charge on any atom is 0.271 e. The van der Waals surface area contributed by atoms with E-state index >= 15 is 0 Å². The maximum absolute atomic E-state index is 11.5. The lowest BCUT2D eigenvalue weighted by Crippen LogP contribution is -2.12. The molecule has 0 spiro atoms. The maximum atomic E-state index is 11.5. The van der Waals surface area contributed by atoms with Gasteiger partial charge in [0.2, 0.25) is 0 Å². The molecule has 0 saturated heterocycles. The summed E-state index contributed by atoms with van der Waals surface area (Å²) in [5, 5.41) is 10.2. The van der Waals surface area contributed by atoms with Crippen molar-refractivity contribution in [2.24, 2.45) is 5.73 Å². The van der Waals surface area contributed by atoms with Gasteiger partial charge in [0.25, 0.3) is 5.91 Å². The number of carbonyl (C=O) groups is 1. The number of H-pyrrole nitrogens is 1. The van der Waals surface area contributed by atoms with E-state index in [0.29, 0.717) is 28.5 Å². The summed E-state index contributed by atoms with van der Waals surface area (Å²) in [5.74, 6) is 1.24. The Kier molecular flexibility index (Phi) is 5.02. The molecule has 0 atom stereocenters. The molecule has 0 unspecified atom stereocenters. The molecule has 134 valence electrons. The highest BCUT2D eigenvalue weighted by Gasteiger charge is 2.17. The van der Waals surface area contributed by atoms with E-state index < -0.39 is 5.91 Å². The summed E-state index contributed by atoms with van der Waals surface area (Å²) in [5.41, 5.74) is 7.23. The minimum atomic E-state index is -0.656. The zero-order valence-electron chi connectivity index (χ0n) is 14.4. The van der Waals surface area contributed by atoms with Crippen molar-refractivity contribution in [1.82, 2.24) is 15.4 Å². The van der Waals surface area contributed by atoms with E-state index in [-0.39, 0.29) is 12.3 Å². The Balaban J connectivity index is 1.91. The van der Waals surface area contributed by atoms with E-state index in [4.69, 9.17) is 19.9 Å². The Morgan fingerprint density at radius 1 is 1.04 bits per heavy atom. The van der Waals surface area contributed by atoms with Gasteiger partial charge in [-0.25, -0.2) is 0 Å². The van der Waals surface area contributed by atoms with E-state index in [2.05, 4.69) is 15.4 Å². The van der Waals surface area contributed by atoms with Gasteiger partial charge in [-0.2, -0.15) is 15.4 Å². The highest BCUT2D eigenvalue weighted by molar-refractivity contribution is 5.96. The molecule has 3 aromatic rings. The van der Waals surface area contributed by atoms with Crippen LogP contribution in [0.25, 0.3) is 11.3 Å². The van der Waals surface area contributed by atoms with Crippen molar-refractivity contribution in [3.63, 3.8) is 0 Å². The third-order valence-electron chi connectivity index (χ3n) is 3.79. The number of ether oxygens (including phenoxy) is 3. The Morgan fingerprint density at radius 3 is 2.46 bits per heavy atom. The molecule has 0 aliphatic carbocycles. The van der Waals surface area contributed by atoms with Gasteiger partial charge in [0, 0.05) is 11.1 Å². The van der Waals surface area contributed by atoms with Gasteiger partial charge in [-0.15, -0.1) is 0 Å². The predicted molar refractivity (Wildman–Crippen MR) is 94.2 cm³/mol. The van der Waals surface area contributed by atoms with E-state index in [0.717, 1.165) is 5.56 Å². The van der Waals surface area contributed by atoms with Gasteiger partial charge in [-0.1, -0.05) is 12.1 Å². The molecule has 1 heterocycles. The number of carbonyl (C=O) groups excluding carboxylic acids is 1. The molecule has 8 nitrogen and oxygen atoms in total. The van der Waals surface area contributed by atoms with Crippen LogP contribution in [0.3, 0.4) is 0 Å². The van der Waals surface area contributed by atoms with Crippen LogP contribution in [-0.4, -0.2) is 35.5 Å². The number of nitrogens with one attached hydrogen (secondary N) is 1. The topological polar surface area (TPSA) is 112 Å². The molecule has 26 heavy (non-hydrogen) atoms. The number of hydrogen-bond acceptors (Lipinski definition) is 6. The average Bonchev–Trinajstić information content (AvgIpc) is 3.16. The van der Waals surface area contributed by atoms with E-state index in [1.165, 1.54) is 0 Å². The molecule has 3 N–H and O–H groups in total. The largest absolute Gasteiger partial charge is 0.496 e. The van der Waals surface area contributed by atoms with E-state index in [9.17, 15) is 4.79 Å². The Labute approximate surface area is 149 Å². The van der Waals surface area contributed by atoms with Gasteiger partial charge in [0.1, 0.15) is 18.1 Å². The standard InChI is InChI=1S/C18H18N4O4/c1-24-13-8-7-11(16-17(18(19)23)21-22-20-16)9-12(13)10-26-15-6-4-3-5-14(15)25-2/h3-9H,10H2,1-2H3,(H2,19,23)(H,20,21,22). The van der Waals surface area contributed by atoms with Crippen LogP contribution in [0.2, 0.25) is 0 Å². The van der Waals surface area contributed by atoms with Crippen LogP contribution in [-0.2, 0) is 6.61 Å². The first-order valence-electron chi connectivity index (χ1n) is 7.77. The van der Waals surface area contributed by atoms with Gasteiger partial charge < -0.3 is 19.9 Å². The smallest absolute Gasteiger partial charge is 0.271 e. The van der Waals surface area contributed by atoms with Gasteiger partial charge in [-0.05, 0) is 30.3 Å². The van der Waals surface area contributed by atoms with Gasteiger partial charge in [0.05, 0.1) is 14.2 Å². The van der Waals surface area contributed by atoms with Crippen LogP contribution in [0, 0.1) is 0 Å². The van der Waals surface area contributed by atoms with Gasteiger partial charge >= 0.3 is 0 Å². The number of aromatic amines is 1. The SMILES string of the molecule is COc1ccc(-c2n[nH]nc2C(N)=O)cc1COc1ccccc1OC. The molecule has 2 aromatic carbocycles. The molecule has 0 aliphatic heterocycles. The average molecular weight is 354 g/mol. The number of nitrogens with two attached hydrogens (primary N) is 1.